The van der Waals surface area contributed by atoms with Gasteiger partial charge in [-0.15, -0.1) is 0 Å². The standard InChI is InChI=1S/C18H17NO2S/c1-12-8-18(22)21-17-11-14-9-15(19-4-6-20-7-5-19)3-2-13(14)10-16(12)17/h2-3,8-11H,4-7H2,1H3. The predicted octanol–water partition coefficient (Wildman–Crippen LogP) is 4.46. The number of benzene rings is 2. The summed E-state index contributed by atoms with van der Waals surface area (Å²) in [6.45, 7) is 5.55. The molecule has 0 saturated carbocycles. The van der Waals surface area contributed by atoms with Crippen molar-refractivity contribution in [1.29, 1.82) is 0 Å². The maximum atomic E-state index is 5.72. The minimum Gasteiger partial charge on any atom is -0.445 e. The molecule has 0 amide bonds. The van der Waals surface area contributed by atoms with Gasteiger partial charge in [0, 0.05) is 24.2 Å². The number of ether oxygens (including phenoxy) is 1. The van der Waals surface area contributed by atoms with E-state index in [9.17, 15) is 0 Å². The highest BCUT2D eigenvalue weighted by molar-refractivity contribution is 7.71. The van der Waals surface area contributed by atoms with Gasteiger partial charge in [0.2, 0.25) is 0 Å². The summed E-state index contributed by atoms with van der Waals surface area (Å²) >= 11 is 5.19. The zero-order valence-corrected chi connectivity index (χ0v) is 13.3. The molecule has 1 saturated heterocycles. The zero-order chi connectivity index (χ0) is 15.1. The molecule has 3 aromatic rings. The topological polar surface area (TPSA) is 25.6 Å². The minimum absolute atomic E-state index is 0.536. The van der Waals surface area contributed by atoms with Gasteiger partial charge in [-0.05, 0) is 65.8 Å². The first-order valence-electron chi connectivity index (χ1n) is 7.52. The van der Waals surface area contributed by atoms with Crippen LogP contribution in [0.3, 0.4) is 0 Å². The van der Waals surface area contributed by atoms with Crippen LogP contribution in [0.1, 0.15) is 5.56 Å². The molecule has 1 fully saturated rings. The predicted molar refractivity (Wildman–Crippen MR) is 92.3 cm³/mol. The molecule has 0 aliphatic carbocycles. The van der Waals surface area contributed by atoms with Crippen LogP contribution in [0.2, 0.25) is 0 Å². The molecule has 22 heavy (non-hydrogen) atoms. The lowest BCUT2D eigenvalue weighted by molar-refractivity contribution is 0.122. The fourth-order valence-corrected chi connectivity index (χ4v) is 3.33. The van der Waals surface area contributed by atoms with Gasteiger partial charge in [0.25, 0.3) is 0 Å². The number of hydrogen-bond donors (Lipinski definition) is 0. The quantitative estimate of drug-likeness (QED) is 0.489. The van der Waals surface area contributed by atoms with Crippen molar-refractivity contribution in [1.82, 2.24) is 0 Å². The average Bonchev–Trinajstić information content (AvgIpc) is 2.53. The van der Waals surface area contributed by atoms with Crippen molar-refractivity contribution in [3.8, 4) is 0 Å². The third-order valence-electron chi connectivity index (χ3n) is 4.27. The fourth-order valence-electron chi connectivity index (χ4n) is 3.07. The molecule has 1 aliphatic rings. The van der Waals surface area contributed by atoms with E-state index in [1.165, 1.54) is 16.5 Å². The largest absolute Gasteiger partial charge is 0.445 e. The highest BCUT2D eigenvalue weighted by atomic mass is 32.1. The lowest BCUT2D eigenvalue weighted by Gasteiger charge is -2.29. The summed E-state index contributed by atoms with van der Waals surface area (Å²) in [4.78, 5) is 2.36. The summed E-state index contributed by atoms with van der Waals surface area (Å²) < 4.78 is 11.7. The van der Waals surface area contributed by atoms with E-state index in [4.69, 9.17) is 21.4 Å². The molecular formula is C18H17NO2S. The van der Waals surface area contributed by atoms with Crippen LogP contribution in [0.15, 0.2) is 40.8 Å². The van der Waals surface area contributed by atoms with E-state index in [2.05, 4.69) is 42.2 Å². The fraction of sp³-hybridized carbons (Fsp3) is 0.278. The summed E-state index contributed by atoms with van der Waals surface area (Å²) in [5, 5.41) is 3.53. The normalized spacial score (nSPS) is 15.6. The van der Waals surface area contributed by atoms with E-state index in [-0.39, 0.29) is 0 Å². The van der Waals surface area contributed by atoms with Crippen LogP contribution in [0, 0.1) is 11.6 Å². The molecule has 1 aliphatic heterocycles. The maximum absolute atomic E-state index is 5.72. The molecule has 2 heterocycles. The van der Waals surface area contributed by atoms with Crippen LogP contribution in [0.25, 0.3) is 21.7 Å². The van der Waals surface area contributed by atoms with Gasteiger partial charge in [-0.1, -0.05) is 6.07 Å². The Hall–Kier alpha value is -1.91. The van der Waals surface area contributed by atoms with Gasteiger partial charge >= 0.3 is 0 Å². The van der Waals surface area contributed by atoms with Gasteiger partial charge in [0.1, 0.15) is 5.58 Å². The summed E-state index contributed by atoms with van der Waals surface area (Å²) in [5.74, 6) is 0. The van der Waals surface area contributed by atoms with Crippen molar-refractivity contribution in [3.63, 3.8) is 0 Å². The molecule has 0 bridgehead atoms. The second-order valence-electron chi connectivity index (χ2n) is 5.73. The Kier molecular flexibility index (Phi) is 3.36. The molecule has 0 unspecified atom stereocenters. The van der Waals surface area contributed by atoms with E-state index in [1.54, 1.807) is 0 Å². The number of nitrogens with zero attached hydrogens (tertiary/aromatic N) is 1. The molecule has 4 rings (SSSR count). The van der Waals surface area contributed by atoms with Crippen LogP contribution in [-0.4, -0.2) is 26.3 Å². The summed E-state index contributed by atoms with van der Waals surface area (Å²) in [6.07, 6.45) is 0. The Balaban J connectivity index is 1.88. The van der Waals surface area contributed by atoms with Crippen molar-refractivity contribution in [2.45, 2.75) is 6.92 Å². The Bertz CT molecular complexity index is 910. The summed E-state index contributed by atoms with van der Waals surface area (Å²) in [5.41, 5.74) is 3.25. The summed E-state index contributed by atoms with van der Waals surface area (Å²) in [6, 6.07) is 12.8. The zero-order valence-electron chi connectivity index (χ0n) is 12.5. The van der Waals surface area contributed by atoms with Crippen LogP contribution in [0.5, 0.6) is 0 Å². The Labute approximate surface area is 134 Å². The third-order valence-corrected chi connectivity index (χ3v) is 4.47. The van der Waals surface area contributed by atoms with Crippen molar-refractivity contribution in [3.05, 3.63) is 46.7 Å². The monoisotopic (exact) mass is 311 g/mol. The van der Waals surface area contributed by atoms with E-state index in [0.29, 0.717) is 4.71 Å². The smallest absolute Gasteiger partial charge is 0.191 e. The van der Waals surface area contributed by atoms with E-state index >= 15 is 0 Å². The molecule has 112 valence electrons. The van der Waals surface area contributed by atoms with Crippen LogP contribution in [0.4, 0.5) is 5.69 Å². The first-order chi connectivity index (χ1) is 10.7. The molecule has 2 aromatic carbocycles. The van der Waals surface area contributed by atoms with Gasteiger partial charge in [0.15, 0.2) is 4.71 Å². The second kappa shape index (κ2) is 5.38. The number of anilines is 1. The van der Waals surface area contributed by atoms with Gasteiger partial charge < -0.3 is 14.1 Å². The molecular weight excluding hydrogens is 294 g/mol. The van der Waals surface area contributed by atoms with Crippen LogP contribution < -0.4 is 4.90 Å². The van der Waals surface area contributed by atoms with Crippen molar-refractivity contribution in [2.75, 3.05) is 31.2 Å². The summed E-state index contributed by atoms with van der Waals surface area (Å²) in [7, 11) is 0. The highest BCUT2D eigenvalue weighted by Gasteiger charge is 2.12. The first kappa shape index (κ1) is 13.7. The van der Waals surface area contributed by atoms with Crippen LogP contribution in [-0.2, 0) is 4.74 Å². The number of fused-ring (bicyclic) bond motifs is 2. The Morgan fingerprint density at radius 3 is 2.64 bits per heavy atom. The number of rotatable bonds is 1. The number of aryl methyl sites for hydroxylation is 1. The van der Waals surface area contributed by atoms with E-state index in [1.807, 2.05) is 6.07 Å². The Morgan fingerprint density at radius 1 is 1.00 bits per heavy atom. The molecule has 3 nitrogen and oxygen atoms in total. The van der Waals surface area contributed by atoms with Crippen molar-refractivity contribution >= 4 is 39.6 Å². The van der Waals surface area contributed by atoms with Gasteiger partial charge in [-0.3, -0.25) is 0 Å². The lowest BCUT2D eigenvalue weighted by atomic mass is 10.0. The maximum Gasteiger partial charge on any atom is 0.191 e. The molecule has 0 atom stereocenters. The number of hydrogen-bond acceptors (Lipinski definition) is 4. The second-order valence-corrected chi connectivity index (χ2v) is 6.13. The molecule has 4 heteroatoms. The SMILES string of the molecule is Cc1cc(=S)oc2cc3cc(N4CCOCC4)ccc3cc12. The molecule has 0 spiro atoms. The Morgan fingerprint density at radius 2 is 1.82 bits per heavy atom. The van der Waals surface area contributed by atoms with E-state index < -0.39 is 0 Å². The first-order valence-corrected chi connectivity index (χ1v) is 7.92. The molecule has 1 aromatic heterocycles. The minimum atomic E-state index is 0.536. The van der Waals surface area contributed by atoms with Crippen LogP contribution >= 0.6 is 12.2 Å². The third kappa shape index (κ3) is 2.38. The molecule has 0 radical (unpaired) electrons. The molecule has 0 N–H and O–H groups in total. The highest BCUT2D eigenvalue weighted by Crippen LogP contribution is 2.29. The van der Waals surface area contributed by atoms with Gasteiger partial charge in [0.05, 0.1) is 13.2 Å². The number of morpholine rings is 1. The van der Waals surface area contributed by atoms with Gasteiger partial charge in [-0.25, -0.2) is 0 Å². The average molecular weight is 311 g/mol. The lowest BCUT2D eigenvalue weighted by Crippen LogP contribution is -2.36. The van der Waals surface area contributed by atoms with E-state index in [0.717, 1.165) is 42.8 Å². The van der Waals surface area contributed by atoms with Gasteiger partial charge in [-0.2, -0.15) is 0 Å². The van der Waals surface area contributed by atoms with Crippen molar-refractivity contribution < 1.29 is 9.15 Å². The van der Waals surface area contributed by atoms with Crippen molar-refractivity contribution in [2.24, 2.45) is 0 Å².